The standard InChI is InChI=1S/C18H24N2/c1-20(2)15-13-17-10-8-16(9-11-17)12-14-19-18-6-4-3-5-7-18/h3-11,19H,12-15H2,1-2H3. The maximum absolute atomic E-state index is 3.44. The Morgan fingerprint density at radius 3 is 2.00 bits per heavy atom. The van der Waals surface area contributed by atoms with Crippen LogP contribution >= 0.6 is 0 Å². The summed E-state index contributed by atoms with van der Waals surface area (Å²) in [4.78, 5) is 2.22. The van der Waals surface area contributed by atoms with E-state index >= 15 is 0 Å². The van der Waals surface area contributed by atoms with Crippen molar-refractivity contribution in [3.8, 4) is 0 Å². The molecule has 0 amide bonds. The molecule has 0 atom stereocenters. The van der Waals surface area contributed by atoms with Gasteiger partial charge in [0.25, 0.3) is 0 Å². The van der Waals surface area contributed by atoms with E-state index in [1.807, 2.05) is 6.07 Å². The lowest BCUT2D eigenvalue weighted by Gasteiger charge is -2.10. The minimum Gasteiger partial charge on any atom is -0.385 e. The first-order chi connectivity index (χ1) is 9.74. The van der Waals surface area contributed by atoms with Crippen LogP contribution in [0.2, 0.25) is 0 Å². The van der Waals surface area contributed by atoms with Crippen molar-refractivity contribution in [1.29, 1.82) is 0 Å². The Labute approximate surface area is 122 Å². The highest BCUT2D eigenvalue weighted by Gasteiger charge is 1.97. The van der Waals surface area contributed by atoms with Crippen LogP contribution in [0.25, 0.3) is 0 Å². The first kappa shape index (κ1) is 14.6. The van der Waals surface area contributed by atoms with E-state index in [9.17, 15) is 0 Å². The molecular formula is C18H24N2. The van der Waals surface area contributed by atoms with Crippen LogP contribution in [0.15, 0.2) is 54.6 Å². The fourth-order valence-corrected chi connectivity index (χ4v) is 2.13. The lowest BCUT2D eigenvalue weighted by Crippen LogP contribution is -2.15. The third-order valence-electron chi connectivity index (χ3n) is 3.39. The molecule has 0 aliphatic carbocycles. The van der Waals surface area contributed by atoms with Gasteiger partial charge in [-0.15, -0.1) is 0 Å². The average molecular weight is 268 g/mol. The number of nitrogens with zero attached hydrogens (tertiary/aromatic N) is 1. The number of hydrogen-bond donors (Lipinski definition) is 1. The van der Waals surface area contributed by atoms with Crippen LogP contribution in [-0.4, -0.2) is 32.1 Å². The summed E-state index contributed by atoms with van der Waals surface area (Å²) in [6, 6.07) is 19.4. The van der Waals surface area contributed by atoms with Crippen LogP contribution < -0.4 is 5.32 Å². The predicted molar refractivity (Wildman–Crippen MR) is 87.3 cm³/mol. The summed E-state index contributed by atoms with van der Waals surface area (Å²) in [5.74, 6) is 0. The van der Waals surface area contributed by atoms with Crippen LogP contribution in [0.5, 0.6) is 0 Å². The van der Waals surface area contributed by atoms with E-state index in [1.54, 1.807) is 0 Å². The van der Waals surface area contributed by atoms with Gasteiger partial charge in [0.05, 0.1) is 0 Å². The van der Waals surface area contributed by atoms with E-state index in [-0.39, 0.29) is 0 Å². The number of anilines is 1. The molecule has 0 spiro atoms. The second kappa shape index (κ2) is 7.71. The van der Waals surface area contributed by atoms with Gasteiger partial charge in [0, 0.05) is 18.8 Å². The molecule has 2 heteroatoms. The maximum Gasteiger partial charge on any atom is 0.0340 e. The lowest BCUT2D eigenvalue weighted by atomic mass is 10.1. The van der Waals surface area contributed by atoms with E-state index in [4.69, 9.17) is 0 Å². The first-order valence-electron chi connectivity index (χ1n) is 7.25. The summed E-state index contributed by atoms with van der Waals surface area (Å²) < 4.78 is 0. The van der Waals surface area contributed by atoms with Gasteiger partial charge >= 0.3 is 0 Å². The number of likely N-dealkylation sites (N-methyl/N-ethyl adjacent to an activating group) is 1. The molecule has 0 aliphatic rings. The Morgan fingerprint density at radius 2 is 1.40 bits per heavy atom. The molecule has 0 radical (unpaired) electrons. The van der Waals surface area contributed by atoms with Gasteiger partial charge in [0.15, 0.2) is 0 Å². The van der Waals surface area contributed by atoms with Crippen molar-refractivity contribution in [3.05, 3.63) is 65.7 Å². The van der Waals surface area contributed by atoms with Crippen molar-refractivity contribution in [2.45, 2.75) is 12.8 Å². The van der Waals surface area contributed by atoms with Crippen molar-refractivity contribution in [3.63, 3.8) is 0 Å². The SMILES string of the molecule is CN(C)CCc1ccc(CCNc2ccccc2)cc1. The van der Waals surface area contributed by atoms with Crippen molar-refractivity contribution in [2.24, 2.45) is 0 Å². The highest BCUT2D eigenvalue weighted by Crippen LogP contribution is 2.08. The summed E-state index contributed by atoms with van der Waals surface area (Å²) in [6.45, 7) is 2.08. The monoisotopic (exact) mass is 268 g/mol. The van der Waals surface area contributed by atoms with E-state index < -0.39 is 0 Å². The van der Waals surface area contributed by atoms with Crippen LogP contribution in [0, 0.1) is 0 Å². The smallest absolute Gasteiger partial charge is 0.0340 e. The third-order valence-corrected chi connectivity index (χ3v) is 3.39. The molecule has 0 saturated carbocycles. The number of rotatable bonds is 7. The minimum atomic E-state index is 0.973. The van der Waals surface area contributed by atoms with Crippen LogP contribution in [-0.2, 0) is 12.8 Å². The molecule has 20 heavy (non-hydrogen) atoms. The highest BCUT2D eigenvalue weighted by molar-refractivity contribution is 5.42. The lowest BCUT2D eigenvalue weighted by molar-refractivity contribution is 0.413. The number of nitrogens with one attached hydrogen (secondary N) is 1. The number of hydrogen-bond acceptors (Lipinski definition) is 2. The van der Waals surface area contributed by atoms with Gasteiger partial charge in [-0.05, 0) is 50.2 Å². The highest BCUT2D eigenvalue weighted by atomic mass is 15.0. The van der Waals surface area contributed by atoms with Gasteiger partial charge < -0.3 is 10.2 Å². The zero-order chi connectivity index (χ0) is 14.2. The van der Waals surface area contributed by atoms with Gasteiger partial charge in [-0.3, -0.25) is 0 Å². The van der Waals surface area contributed by atoms with E-state index in [1.165, 1.54) is 16.8 Å². The third kappa shape index (κ3) is 5.06. The second-order valence-corrected chi connectivity index (χ2v) is 5.41. The van der Waals surface area contributed by atoms with Gasteiger partial charge in [-0.2, -0.15) is 0 Å². The molecule has 2 aromatic rings. The van der Waals surface area contributed by atoms with Crippen molar-refractivity contribution >= 4 is 5.69 Å². The molecule has 106 valence electrons. The maximum atomic E-state index is 3.44. The van der Waals surface area contributed by atoms with E-state index in [0.29, 0.717) is 0 Å². The second-order valence-electron chi connectivity index (χ2n) is 5.41. The van der Waals surface area contributed by atoms with Crippen molar-refractivity contribution in [2.75, 3.05) is 32.5 Å². The summed E-state index contributed by atoms with van der Waals surface area (Å²) >= 11 is 0. The normalized spacial score (nSPS) is 10.8. The average Bonchev–Trinajstić information content (AvgIpc) is 2.47. The molecule has 0 aliphatic heterocycles. The molecule has 0 fully saturated rings. The first-order valence-corrected chi connectivity index (χ1v) is 7.25. The molecule has 0 saturated heterocycles. The summed E-state index contributed by atoms with van der Waals surface area (Å²) in [5.41, 5.74) is 4.00. The molecule has 2 aromatic carbocycles. The Kier molecular flexibility index (Phi) is 5.63. The Morgan fingerprint density at radius 1 is 0.800 bits per heavy atom. The summed E-state index contributed by atoms with van der Waals surface area (Å²) in [6.07, 6.45) is 2.18. The molecule has 2 rings (SSSR count). The zero-order valence-electron chi connectivity index (χ0n) is 12.5. The quantitative estimate of drug-likeness (QED) is 0.827. The topological polar surface area (TPSA) is 15.3 Å². The van der Waals surface area contributed by atoms with Gasteiger partial charge in [-0.25, -0.2) is 0 Å². The predicted octanol–water partition coefficient (Wildman–Crippen LogP) is 3.45. The Bertz CT molecular complexity index is 489. The number of benzene rings is 2. The summed E-state index contributed by atoms with van der Waals surface area (Å²) in [5, 5.41) is 3.44. The zero-order valence-corrected chi connectivity index (χ0v) is 12.5. The molecule has 0 heterocycles. The number of para-hydroxylation sites is 1. The van der Waals surface area contributed by atoms with E-state index in [0.717, 1.165) is 25.9 Å². The Hall–Kier alpha value is -1.80. The molecular weight excluding hydrogens is 244 g/mol. The summed E-state index contributed by atoms with van der Waals surface area (Å²) in [7, 11) is 4.23. The van der Waals surface area contributed by atoms with Gasteiger partial charge in [0.1, 0.15) is 0 Å². The fourth-order valence-electron chi connectivity index (χ4n) is 2.13. The minimum absolute atomic E-state index is 0.973. The largest absolute Gasteiger partial charge is 0.385 e. The van der Waals surface area contributed by atoms with E-state index in [2.05, 4.69) is 72.8 Å². The molecule has 1 N–H and O–H groups in total. The Balaban J connectivity index is 1.76. The molecule has 0 aromatic heterocycles. The van der Waals surface area contributed by atoms with Crippen molar-refractivity contribution < 1.29 is 0 Å². The van der Waals surface area contributed by atoms with Crippen LogP contribution in [0.1, 0.15) is 11.1 Å². The fraction of sp³-hybridized carbons (Fsp3) is 0.333. The molecule has 0 bridgehead atoms. The molecule has 2 nitrogen and oxygen atoms in total. The molecule has 0 unspecified atom stereocenters. The van der Waals surface area contributed by atoms with Gasteiger partial charge in [0.2, 0.25) is 0 Å². The van der Waals surface area contributed by atoms with Gasteiger partial charge in [-0.1, -0.05) is 42.5 Å². The van der Waals surface area contributed by atoms with Crippen LogP contribution in [0.3, 0.4) is 0 Å². The van der Waals surface area contributed by atoms with Crippen molar-refractivity contribution in [1.82, 2.24) is 4.90 Å². The van der Waals surface area contributed by atoms with Crippen LogP contribution in [0.4, 0.5) is 5.69 Å².